The highest BCUT2D eigenvalue weighted by Gasteiger charge is 2.32. The van der Waals surface area contributed by atoms with E-state index in [2.05, 4.69) is 5.32 Å². The summed E-state index contributed by atoms with van der Waals surface area (Å²) in [5.41, 5.74) is 6.33. The number of rotatable bonds is 9. The molecule has 168 valence electrons. The Morgan fingerprint density at radius 1 is 1.20 bits per heavy atom. The summed E-state index contributed by atoms with van der Waals surface area (Å²) in [4.78, 5) is 30.3. The summed E-state index contributed by atoms with van der Waals surface area (Å²) in [6.07, 6.45) is 8.19. The van der Waals surface area contributed by atoms with Crippen LogP contribution in [0.2, 0.25) is 0 Å². The van der Waals surface area contributed by atoms with E-state index in [1.165, 1.54) is 6.42 Å². The van der Waals surface area contributed by atoms with Gasteiger partial charge in [-0.2, -0.15) is 0 Å². The minimum atomic E-state index is -0.519. The van der Waals surface area contributed by atoms with E-state index < -0.39 is 6.04 Å². The maximum absolute atomic E-state index is 13.0. The van der Waals surface area contributed by atoms with Crippen molar-refractivity contribution in [3.63, 3.8) is 0 Å². The Balaban J connectivity index is 1.99. The highest BCUT2D eigenvalue weighted by Crippen LogP contribution is 2.26. The van der Waals surface area contributed by atoms with Crippen LogP contribution >= 0.6 is 12.2 Å². The molecule has 2 rings (SSSR count). The molecule has 1 saturated carbocycles. The molecule has 1 aliphatic carbocycles. The lowest BCUT2D eigenvalue weighted by molar-refractivity contribution is -0.138. The number of thiocarbonyl (C=S) groups is 1. The van der Waals surface area contributed by atoms with Crippen molar-refractivity contribution in [3.05, 3.63) is 0 Å². The molecular formula is C22H39BN4O2S. The molecule has 6 nitrogen and oxygen atoms in total. The van der Waals surface area contributed by atoms with Crippen molar-refractivity contribution in [2.75, 3.05) is 19.6 Å². The Morgan fingerprint density at radius 3 is 2.40 bits per heavy atom. The highest BCUT2D eigenvalue weighted by molar-refractivity contribution is 7.80. The zero-order valence-corrected chi connectivity index (χ0v) is 19.8. The first-order valence-corrected chi connectivity index (χ1v) is 12.1. The van der Waals surface area contributed by atoms with Crippen LogP contribution in [0, 0.1) is 11.8 Å². The number of carbonyl (C=O) groups excluding carboxylic acids is 2. The van der Waals surface area contributed by atoms with Crippen LogP contribution in [0.25, 0.3) is 0 Å². The Kier molecular flexibility index (Phi) is 10.1. The summed E-state index contributed by atoms with van der Waals surface area (Å²) in [5.74, 6) is -0.0247. The molecule has 0 unspecified atom stereocenters. The molecule has 3 N–H and O–H groups in total. The predicted octanol–water partition coefficient (Wildman–Crippen LogP) is 2.19. The second kappa shape index (κ2) is 12.0. The summed E-state index contributed by atoms with van der Waals surface area (Å²) in [6, 6.07) is -0.795. The molecule has 2 aliphatic rings. The molecule has 0 bridgehead atoms. The van der Waals surface area contributed by atoms with E-state index in [4.69, 9.17) is 25.8 Å². The zero-order chi connectivity index (χ0) is 22.3. The molecule has 0 aromatic carbocycles. The Morgan fingerprint density at radius 2 is 1.87 bits per heavy atom. The Bertz CT molecular complexity index is 598. The number of likely N-dealkylation sites (tertiary alicyclic amines) is 1. The largest absolute Gasteiger partial charge is 0.370 e. The van der Waals surface area contributed by atoms with Crippen molar-refractivity contribution >= 4 is 36.9 Å². The van der Waals surface area contributed by atoms with Crippen molar-refractivity contribution in [1.82, 2.24) is 15.1 Å². The van der Waals surface area contributed by atoms with Gasteiger partial charge in [0.05, 0.1) is 26.5 Å². The van der Waals surface area contributed by atoms with Gasteiger partial charge in [-0.05, 0) is 49.9 Å². The molecule has 0 aromatic heterocycles. The van der Waals surface area contributed by atoms with Crippen molar-refractivity contribution in [2.45, 2.75) is 90.2 Å². The van der Waals surface area contributed by atoms with Crippen LogP contribution in [0.3, 0.4) is 0 Å². The molecule has 2 amide bonds. The molecule has 2 radical (unpaired) electrons. The quantitative estimate of drug-likeness (QED) is 0.430. The van der Waals surface area contributed by atoms with Gasteiger partial charge in [0.15, 0.2) is 0 Å². The summed E-state index contributed by atoms with van der Waals surface area (Å²) in [6.45, 7) is 7.45. The molecule has 1 aliphatic heterocycles. The lowest BCUT2D eigenvalue weighted by Gasteiger charge is -2.34. The van der Waals surface area contributed by atoms with E-state index in [-0.39, 0.29) is 42.2 Å². The van der Waals surface area contributed by atoms with Crippen molar-refractivity contribution in [3.8, 4) is 0 Å². The third-order valence-electron chi connectivity index (χ3n) is 6.41. The predicted molar refractivity (Wildman–Crippen MR) is 126 cm³/mol. The summed E-state index contributed by atoms with van der Waals surface area (Å²) in [5, 5.41) is 3.06. The Hall–Kier alpha value is -1.15. The van der Waals surface area contributed by atoms with Gasteiger partial charge in [-0.25, -0.2) is 0 Å². The molecule has 3 atom stereocenters. The van der Waals surface area contributed by atoms with E-state index in [1.807, 2.05) is 25.7 Å². The normalized spacial score (nSPS) is 22.0. The van der Waals surface area contributed by atoms with Gasteiger partial charge in [-0.15, -0.1) is 0 Å². The van der Waals surface area contributed by atoms with Gasteiger partial charge in [0, 0.05) is 13.1 Å². The fourth-order valence-corrected chi connectivity index (χ4v) is 5.15. The van der Waals surface area contributed by atoms with Gasteiger partial charge in [0.1, 0.15) is 4.99 Å². The van der Waals surface area contributed by atoms with E-state index in [9.17, 15) is 9.59 Å². The van der Waals surface area contributed by atoms with Gasteiger partial charge >= 0.3 is 0 Å². The van der Waals surface area contributed by atoms with Crippen LogP contribution in [-0.2, 0) is 9.59 Å². The molecule has 8 heteroatoms. The number of nitrogens with two attached hydrogens (primary N) is 1. The number of carbonyl (C=O) groups is 2. The molecule has 0 spiro atoms. The first kappa shape index (κ1) is 25.1. The van der Waals surface area contributed by atoms with Crippen LogP contribution in [0.1, 0.15) is 72.1 Å². The van der Waals surface area contributed by atoms with Gasteiger partial charge in [0.25, 0.3) is 0 Å². The fourth-order valence-electron chi connectivity index (χ4n) is 4.59. The van der Waals surface area contributed by atoms with Crippen LogP contribution in [0.4, 0.5) is 0 Å². The number of nitrogens with one attached hydrogen (secondary N) is 1. The number of hydrogen-bond donors (Lipinski definition) is 2. The lowest BCUT2D eigenvalue weighted by atomic mass is 9.83. The third kappa shape index (κ3) is 6.68. The monoisotopic (exact) mass is 434 g/mol. The van der Waals surface area contributed by atoms with Gasteiger partial charge in [0.2, 0.25) is 11.8 Å². The third-order valence-corrected chi connectivity index (χ3v) is 6.90. The minimum Gasteiger partial charge on any atom is -0.370 e. The standard InChI is InChI=1S/C22H39BN4O2S/c1-4-12-26(21(29)19(24)16-9-6-5-7-10-16)14-18(28)25-20(15(2)3)22(30)27-13-8-11-17(27)23/h15-17,19-20H,4-14,24H2,1-3H3,(H,25,28)/t17-,19-,20-/m0/s1. The molecular weight excluding hydrogens is 395 g/mol. The fraction of sp³-hybridized carbons (Fsp3) is 0.864. The number of amides is 2. The highest BCUT2D eigenvalue weighted by atomic mass is 32.1. The Labute approximate surface area is 189 Å². The summed E-state index contributed by atoms with van der Waals surface area (Å²) >= 11 is 5.68. The molecule has 2 fully saturated rings. The maximum Gasteiger partial charge on any atom is 0.240 e. The van der Waals surface area contributed by atoms with E-state index in [0.717, 1.165) is 51.5 Å². The van der Waals surface area contributed by atoms with Gasteiger partial charge in [-0.3, -0.25) is 9.59 Å². The number of nitrogens with zero attached hydrogens (tertiary/aromatic N) is 2. The average Bonchev–Trinajstić information content (AvgIpc) is 3.16. The van der Waals surface area contributed by atoms with Crippen molar-refractivity contribution < 1.29 is 9.59 Å². The SMILES string of the molecule is [B][C@@H]1CCCN1C(=S)[C@@H](NC(=O)CN(CCC)C(=O)[C@@H](N)C1CCCCC1)C(C)C. The summed E-state index contributed by atoms with van der Waals surface area (Å²) < 4.78 is 0. The first-order chi connectivity index (χ1) is 14.3. The summed E-state index contributed by atoms with van der Waals surface area (Å²) in [7, 11) is 6.17. The van der Waals surface area contributed by atoms with E-state index in [0.29, 0.717) is 11.5 Å². The smallest absolute Gasteiger partial charge is 0.240 e. The number of hydrogen-bond acceptors (Lipinski definition) is 4. The molecule has 0 aromatic rings. The lowest BCUT2D eigenvalue weighted by Crippen LogP contribution is -2.55. The second-order valence-electron chi connectivity index (χ2n) is 9.21. The van der Waals surface area contributed by atoms with Crippen LogP contribution in [0.15, 0.2) is 0 Å². The molecule has 1 heterocycles. The van der Waals surface area contributed by atoms with Crippen LogP contribution in [0.5, 0.6) is 0 Å². The van der Waals surface area contributed by atoms with E-state index >= 15 is 0 Å². The van der Waals surface area contributed by atoms with Crippen LogP contribution < -0.4 is 11.1 Å². The van der Waals surface area contributed by atoms with E-state index in [1.54, 1.807) is 4.90 Å². The van der Waals surface area contributed by atoms with Crippen molar-refractivity contribution in [2.24, 2.45) is 17.6 Å². The first-order valence-electron chi connectivity index (χ1n) is 11.7. The maximum atomic E-state index is 13.0. The second-order valence-corrected chi connectivity index (χ2v) is 9.63. The molecule has 30 heavy (non-hydrogen) atoms. The average molecular weight is 434 g/mol. The molecule has 1 saturated heterocycles. The van der Waals surface area contributed by atoms with Gasteiger partial charge < -0.3 is 20.9 Å². The van der Waals surface area contributed by atoms with Crippen LogP contribution in [-0.4, -0.2) is 72.1 Å². The van der Waals surface area contributed by atoms with Crippen molar-refractivity contribution in [1.29, 1.82) is 0 Å². The van der Waals surface area contributed by atoms with Gasteiger partial charge in [-0.1, -0.05) is 52.3 Å². The zero-order valence-electron chi connectivity index (χ0n) is 18.9. The topological polar surface area (TPSA) is 78.7 Å². The minimum absolute atomic E-state index is 0.0188.